The number of aromatic nitrogens is 1. The summed E-state index contributed by atoms with van der Waals surface area (Å²) in [6.07, 6.45) is 2.30. The molecule has 0 unspecified atom stereocenters. The van der Waals surface area contributed by atoms with Crippen molar-refractivity contribution in [2.75, 3.05) is 0 Å². The average Bonchev–Trinajstić information content (AvgIpc) is 2.17. The van der Waals surface area contributed by atoms with E-state index < -0.39 is 6.43 Å². The first-order valence-electron chi connectivity index (χ1n) is 4.07. The first-order chi connectivity index (χ1) is 6.27. The monoisotopic (exact) mass is 182 g/mol. The summed E-state index contributed by atoms with van der Waals surface area (Å²) in [6.45, 7) is 0. The number of aliphatic imine (C=N–C) groups is 1. The molecule has 2 nitrogen and oxygen atoms in total. The lowest BCUT2D eigenvalue weighted by molar-refractivity contribution is 0.146. The number of nitrogens with zero attached hydrogens (tertiary/aromatic N) is 2. The van der Waals surface area contributed by atoms with E-state index in [-0.39, 0.29) is 5.69 Å². The summed E-state index contributed by atoms with van der Waals surface area (Å²) in [4.78, 5) is 7.69. The van der Waals surface area contributed by atoms with Gasteiger partial charge < -0.3 is 0 Å². The zero-order chi connectivity index (χ0) is 9.26. The van der Waals surface area contributed by atoms with E-state index >= 15 is 0 Å². The van der Waals surface area contributed by atoms with Crippen LogP contribution in [0.2, 0.25) is 0 Å². The van der Waals surface area contributed by atoms with Gasteiger partial charge in [0.05, 0.1) is 11.9 Å². The molecule has 0 aromatic carbocycles. The smallest absolute Gasteiger partial charge is 0.259 e. The Morgan fingerprint density at radius 2 is 2.23 bits per heavy atom. The van der Waals surface area contributed by atoms with Crippen molar-refractivity contribution in [2.45, 2.75) is 19.3 Å². The minimum absolute atomic E-state index is 0.157. The van der Waals surface area contributed by atoms with E-state index in [1.165, 1.54) is 12.3 Å². The number of hydrogen-bond acceptors (Lipinski definition) is 2. The zero-order valence-electron chi connectivity index (χ0n) is 6.87. The molecular weight excluding hydrogens is 174 g/mol. The number of halogens is 2. The van der Waals surface area contributed by atoms with Crippen LogP contribution in [0.4, 0.5) is 14.5 Å². The van der Waals surface area contributed by atoms with Gasteiger partial charge in [-0.2, -0.15) is 0 Å². The Bertz CT molecular complexity index is 347. The first kappa shape index (κ1) is 8.29. The van der Waals surface area contributed by atoms with E-state index in [0.29, 0.717) is 0 Å². The first-order valence-corrected chi connectivity index (χ1v) is 4.07. The van der Waals surface area contributed by atoms with Crippen LogP contribution in [0.3, 0.4) is 0 Å². The highest BCUT2D eigenvalue weighted by molar-refractivity contribution is 5.68. The number of fused-ring (bicyclic) bond motifs is 1. The molecule has 13 heavy (non-hydrogen) atoms. The van der Waals surface area contributed by atoms with Gasteiger partial charge in [-0.05, 0) is 24.5 Å². The van der Waals surface area contributed by atoms with Crippen molar-refractivity contribution in [1.29, 1.82) is 0 Å². The van der Waals surface area contributed by atoms with Crippen molar-refractivity contribution < 1.29 is 8.78 Å². The lowest BCUT2D eigenvalue weighted by Gasteiger charge is -2.09. The lowest BCUT2D eigenvalue weighted by Crippen LogP contribution is -1.98. The highest BCUT2D eigenvalue weighted by Gasteiger charge is 2.12. The van der Waals surface area contributed by atoms with Crippen LogP contribution in [0.5, 0.6) is 0 Å². The fraction of sp³-hybridized carbons (Fsp3) is 0.333. The average molecular weight is 182 g/mol. The largest absolute Gasteiger partial charge is 0.280 e. The predicted molar refractivity (Wildman–Crippen MR) is 45.7 cm³/mol. The Hall–Kier alpha value is -1.32. The van der Waals surface area contributed by atoms with E-state index in [2.05, 4.69) is 9.98 Å². The Balaban J connectivity index is 2.42. The van der Waals surface area contributed by atoms with Crippen LogP contribution in [0.1, 0.15) is 24.1 Å². The zero-order valence-corrected chi connectivity index (χ0v) is 6.87. The van der Waals surface area contributed by atoms with Gasteiger partial charge in [0.15, 0.2) is 0 Å². The molecule has 1 aromatic heterocycles. The fourth-order valence-electron chi connectivity index (χ4n) is 1.33. The van der Waals surface area contributed by atoms with Crippen molar-refractivity contribution >= 4 is 11.9 Å². The topological polar surface area (TPSA) is 25.2 Å². The van der Waals surface area contributed by atoms with Gasteiger partial charge in [0, 0.05) is 6.21 Å². The molecule has 0 radical (unpaired) electrons. The van der Waals surface area contributed by atoms with Crippen molar-refractivity contribution in [3.8, 4) is 0 Å². The predicted octanol–water partition coefficient (Wildman–Crippen LogP) is 2.67. The molecule has 0 spiro atoms. The lowest BCUT2D eigenvalue weighted by atomic mass is 10.1. The van der Waals surface area contributed by atoms with Gasteiger partial charge in [0.25, 0.3) is 6.43 Å². The van der Waals surface area contributed by atoms with E-state index in [0.717, 1.165) is 24.1 Å². The molecule has 0 fully saturated rings. The Morgan fingerprint density at radius 3 is 3.00 bits per heavy atom. The number of pyridine rings is 1. The second kappa shape index (κ2) is 3.20. The third-order valence-corrected chi connectivity index (χ3v) is 1.98. The van der Waals surface area contributed by atoms with Crippen LogP contribution in [0.15, 0.2) is 17.3 Å². The summed E-state index contributed by atoms with van der Waals surface area (Å²) in [5.74, 6) is 0. The Morgan fingerprint density at radius 1 is 1.38 bits per heavy atom. The quantitative estimate of drug-likeness (QED) is 0.655. The fourth-order valence-corrected chi connectivity index (χ4v) is 1.33. The maximum Gasteiger partial charge on any atom is 0.280 e. The third kappa shape index (κ3) is 1.56. The summed E-state index contributed by atoms with van der Waals surface area (Å²) in [5, 5.41) is 0. The summed E-state index contributed by atoms with van der Waals surface area (Å²) in [7, 11) is 0. The molecule has 0 aliphatic carbocycles. The highest BCUT2D eigenvalue weighted by Crippen LogP contribution is 2.26. The number of aryl methyl sites for hydroxylation is 1. The Labute approximate surface area is 74.3 Å². The molecule has 0 bridgehead atoms. The van der Waals surface area contributed by atoms with E-state index in [9.17, 15) is 8.78 Å². The van der Waals surface area contributed by atoms with Crippen molar-refractivity contribution in [1.82, 2.24) is 4.98 Å². The second-order valence-electron chi connectivity index (χ2n) is 2.89. The minimum atomic E-state index is -2.49. The second-order valence-corrected chi connectivity index (χ2v) is 2.89. The van der Waals surface area contributed by atoms with Gasteiger partial charge in [0.2, 0.25) is 0 Å². The van der Waals surface area contributed by atoms with E-state index in [1.807, 2.05) is 0 Å². The highest BCUT2D eigenvalue weighted by atomic mass is 19.3. The van der Waals surface area contributed by atoms with Gasteiger partial charge in [-0.25, -0.2) is 8.78 Å². The van der Waals surface area contributed by atoms with Gasteiger partial charge in [0.1, 0.15) is 5.69 Å². The van der Waals surface area contributed by atoms with Crippen LogP contribution in [-0.4, -0.2) is 11.2 Å². The van der Waals surface area contributed by atoms with Crippen LogP contribution < -0.4 is 0 Å². The minimum Gasteiger partial charge on any atom is -0.259 e. The van der Waals surface area contributed by atoms with Crippen molar-refractivity contribution in [3.05, 3.63) is 23.5 Å². The molecule has 0 N–H and O–H groups in total. The van der Waals surface area contributed by atoms with Crippen molar-refractivity contribution in [3.63, 3.8) is 0 Å². The SMILES string of the molecule is FC(F)c1cc2c(cn1)N=CCC2. The molecule has 0 saturated carbocycles. The summed E-state index contributed by atoms with van der Waals surface area (Å²) in [5.41, 5.74) is 1.43. The molecule has 68 valence electrons. The van der Waals surface area contributed by atoms with Crippen LogP contribution in [0, 0.1) is 0 Å². The molecule has 2 rings (SSSR count). The molecule has 4 heteroatoms. The molecule has 1 aliphatic heterocycles. The van der Waals surface area contributed by atoms with Crippen LogP contribution in [0.25, 0.3) is 0 Å². The van der Waals surface area contributed by atoms with Crippen molar-refractivity contribution in [2.24, 2.45) is 4.99 Å². The maximum atomic E-state index is 12.2. The number of rotatable bonds is 1. The van der Waals surface area contributed by atoms with Crippen LogP contribution in [-0.2, 0) is 6.42 Å². The van der Waals surface area contributed by atoms with Gasteiger partial charge >= 0.3 is 0 Å². The molecule has 2 heterocycles. The molecular formula is C9H8F2N2. The molecule has 0 saturated heterocycles. The van der Waals surface area contributed by atoms with E-state index in [4.69, 9.17) is 0 Å². The summed E-state index contributed by atoms with van der Waals surface area (Å²) < 4.78 is 24.5. The molecule has 1 aromatic rings. The van der Waals surface area contributed by atoms with E-state index in [1.54, 1.807) is 6.21 Å². The normalized spacial score (nSPS) is 14.7. The summed E-state index contributed by atoms with van der Waals surface area (Å²) >= 11 is 0. The molecule has 0 amide bonds. The molecule has 0 atom stereocenters. The van der Waals surface area contributed by atoms with Gasteiger partial charge in [-0.1, -0.05) is 0 Å². The standard InChI is InChI=1S/C9H8F2N2/c10-9(11)7-4-6-2-1-3-12-8(6)5-13-7/h3-5,9H,1-2H2. The van der Waals surface area contributed by atoms with Gasteiger partial charge in [-0.15, -0.1) is 0 Å². The maximum absolute atomic E-state index is 12.2. The van der Waals surface area contributed by atoms with Gasteiger partial charge in [-0.3, -0.25) is 9.98 Å². The Kier molecular flexibility index (Phi) is 2.04. The van der Waals surface area contributed by atoms with Crippen LogP contribution >= 0.6 is 0 Å². The summed E-state index contributed by atoms with van der Waals surface area (Å²) in [6, 6.07) is 1.44. The molecule has 1 aliphatic rings. The number of alkyl halides is 2. The third-order valence-electron chi connectivity index (χ3n) is 1.98. The number of hydrogen-bond donors (Lipinski definition) is 0.